The maximum absolute atomic E-state index is 11.5. The topological polar surface area (TPSA) is 55.8 Å². The zero-order valence-corrected chi connectivity index (χ0v) is 9.87. The van der Waals surface area contributed by atoms with E-state index in [-0.39, 0.29) is 12.1 Å². The van der Waals surface area contributed by atoms with Gasteiger partial charge in [-0.15, -0.1) is 11.6 Å². The standard InChI is InChI=1S/C9H18ClN3O2/c1-7-8(14)11-9(15)13(12(7)2)6-4-3-5-10/h7-8,14H,3-6H2,1-2H3,(H,11,15). The second-order valence-electron chi connectivity index (χ2n) is 3.73. The number of hydrazine groups is 1. The van der Waals surface area contributed by atoms with Crippen molar-refractivity contribution in [3.63, 3.8) is 0 Å². The minimum absolute atomic E-state index is 0.112. The molecular weight excluding hydrogens is 218 g/mol. The molecule has 2 amide bonds. The van der Waals surface area contributed by atoms with Crippen molar-refractivity contribution in [2.75, 3.05) is 19.5 Å². The summed E-state index contributed by atoms with van der Waals surface area (Å²) in [4.78, 5) is 11.5. The summed E-state index contributed by atoms with van der Waals surface area (Å²) in [5, 5.41) is 15.4. The first kappa shape index (κ1) is 12.5. The van der Waals surface area contributed by atoms with Gasteiger partial charge >= 0.3 is 6.03 Å². The zero-order valence-electron chi connectivity index (χ0n) is 9.11. The summed E-state index contributed by atoms with van der Waals surface area (Å²) < 4.78 is 0. The fourth-order valence-corrected chi connectivity index (χ4v) is 1.69. The number of rotatable bonds is 4. The molecule has 15 heavy (non-hydrogen) atoms. The van der Waals surface area contributed by atoms with Crippen LogP contribution in [0.15, 0.2) is 0 Å². The minimum atomic E-state index is -0.799. The number of carbonyl (C=O) groups excluding carboxylic acids is 1. The molecule has 0 saturated carbocycles. The lowest BCUT2D eigenvalue weighted by molar-refractivity contribution is -0.0806. The number of amides is 2. The van der Waals surface area contributed by atoms with Gasteiger partial charge in [0.15, 0.2) is 0 Å². The molecule has 2 atom stereocenters. The number of likely N-dealkylation sites (N-methyl/N-ethyl adjacent to an activating group) is 1. The summed E-state index contributed by atoms with van der Waals surface area (Å²) in [5.74, 6) is 0.608. The highest BCUT2D eigenvalue weighted by molar-refractivity contribution is 6.17. The van der Waals surface area contributed by atoms with Crippen LogP contribution in [0.25, 0.3) is 0 Å². The monoisotopic (exact) mass is 235 g/mol. The average Bonchev–Trinajstić information content (AvgIpc) is 2.20. The predicted octanol–water partition coefficient (Wildman–Crippen LogP) is 0.584. The highest BCUT2D eigenvalue weighted by Gasteiger charge is 2.33. The molecule has 6 heteroatoms. The number of hydrogen-bond donors (Lipinski definition) is 2. The van der Waals surface area contributed by atoms with Gasteiger partial charge in [-0.1, -0.05) is 0 Å². The smallest absolute Gasteiger partial charge is 0.333 e. The number of carbonyl (C=O) groups is 1. The highest BCUT2D eigenvalue weighted by atomic mass is 35.5. The van der Waals surface area contributed by atoms with Crippen LogP contribution in [0.3, 0.4) is 0 Å². The van der Waals surface area contributed by atoms with Crippen molar-refractivity contribution < 1.29 is 9.90 Å². The fraction of sp³-hybridized carbons (Fsp3) is 0.889. The minimum Gasteiger partial charge on any atom is -0.372 e. The number of halogens is 1. The second kappa shape index (κ2) is 5.53. The molecule has 1 rings (SSSR count). The third kappa shape index (κ3) is 2.96. The molecule has 1 fully saturated rings. The molecule has 0 aliphatic carbocycles. The Morgan fingerprint density at radius 3 is 2.80 bits per heavy atom. The van der Waals surface area contributed by atoms with Gasteiger partial charge < -0.3 is 10.4 Å². The number of nitrogens with zero attached hydrogens (tertiary/aromatic N) is 2. The fourth-order valence-electron chi connectivity index (χ4n) is 1.50. The molecule has 0 spiro atoms. The SMILES string of the molecule is CC1C(O)NC(=O)N(CCCCCl)N1C. The van der Waals surface area contributed by atoms with E-state index in [2.05, 4.69) is 5.32 Å². The van der Waals surface area contributed by atoms with Gasteiger partial charge in [-0.3, -0.25) is 5.01 Å². The van der Waals surface area contributed by atoms with Crippen LogP contribution in [0, 0.1) is 0 Å². The predicted molar refractivity (Wildman–Crippen MR) is 58.4 cm³/mol. The maximum atomic E-state index is 11.5. The van der Waals surface area contributed by atoms with Gasteiger partial charge in [-0.2, -0.15) is 0 Å². The third-order valence-electron chi connectivity index (χ3n) is 2.69. The van der Waals surface area contributed by atoms with E-state index in [0.29, 0.717) is 12.4 Å². The van der Waals surface area contributed by atoms with E-state index in [1.54, 1.807) is 17.1 Å². The van der Waals surface area contributed by atoms with Crippen LogP contribution in [0.1, 0.15) is 19.8 Å². The highest BCUT2D eigenvalue weighted by Crippen LogP contribution is 2.12. The molecular formula is C9H18ClN3O2. The van der Waals surface area contributed by atoms with Crippen LogP contribution < -0.4 is 5.32 Å². The van der Waals surface area contributed by atoms with Crippen LogP contribution in [0.5, 0.6) is 0 Å². The number of alkyl halides is 1. The first-order chi connectivity index (χ1) is 7.07. The number of aliphatic hydroxyl groups excluding tert-OH is 1. The third-order valence-corrected chi connectivity index (χ3v) is 2.95. The van der Waals surface area contributed by atoms with E-state index in [1.165, 1.54) is 0 Å². The summed E-state index contributed by atoms with van der Waals surface area (Å²) in [7, 11) is 1.80. The molecule has 0 radical (unpaired) electrons. The maximum Gasteiger partial charge on any atom is 0.333 e. The molecule has 0 aromatic rings. The van der Waals surface area contributed by atoms with Gasteiger partial charge in [0.05, 0.1) is 6.04 Å². The number of unbranched alkanes of at least 4 members (excludes halogenated alkanes) is 1. The second-order valence-corrected chi connectivity index (χ2v) is 4.11. The summed E-state index contributed by atoms with van der Waals surface area (Å²) in [6.07, 6.45) is 0.951. The van der Waals surface area contributed by atoms with E-state index in [4.69, 9.17) is 11.6 Å². The zero-order chi connectivity index (χ0) is 11.4. The van der Waals surface area contributed by atoms with Gasteiger partial charge in [0.2, 0.25) is 0 Å². The van der Waals surface area contributed by atoms with Gasteiger partial charge in [0.1, 0.15) is 6.23 Å². The van der Waals surface area contributed by atoms with E-state index in [1.807, 2.05) is 6.92 Å². The Morgan fingerprint density at radius 2 is 2.20 bits per heavy atom. The molecule has 5 nitrogen and oxygen atoms in total. The Kier molecular flexibility index (Phi) is 4.63. The Balaban J connectivity index is 2.50. The van der Waals surface area contributed by atoms with Gasteiger partial charge in [0.25, 0.3) is 0 Å². The van der Waals surface area contributed by atoms with Crippen molar-refractivity contribution in [3.8, 4) is 0 Å². The first-order valence-electron chi connectivity index (χ1n) is 5.12. The number of urea groups is 1. The molecule has 0 aromatic carbocycles. The molecule has 1 heterocycles. The number of hydrogen-bond acceptors (Lipinski definition) is 3. The summed E-state index contributed by atoms with van der Waals surface area (Å²) in [5.41, 5.74) is 0. The molecule has 1 aliphatic heterocycles. The largest absolute Gasteiger partial charge is 0.372 e. The molecule has 1 saturated heterocycles. The average molecular weight is 236 g/mol. The van der Waals surface area contributed by atoms with E-state index >= 15 is 0 Å². The van der Waals surface area contributed by atoms with Crippen LogP contribution >= 0.6 is 11.6 Å². The van der Waals surface area contributed by atoms with Crippen molar-refractivity contribution in [2.24, 2.45) is 0 Å². The van der Waals surface area contributed by atoms with Crippen molar-refractivity contribution in [1.29, 1.82) is 0 Å². The Morgan fingerprint density at radius 1 is 1.53 bits per heavy atom. The van der Waals surface area contributed by atoms with Gasteiger partial charge in [-0.05, 0) is 19.8 Å². The molecule has 88 valence electrons. The Bertz CT molecular complexity index is 227. The van der Waals surface area contributed by atoms with Crippen molar-refractivity contribution in [3.05, 3.63) is 0 Å². The normalized spacial score (nSPS) is 28.0. The van der Waals surface area contributed by atoms with E-state index in [0.717, 1.165) is 12.8 Å². The Labute approximate surface area is 95.0 Å². The van der Waals surface area contributed by atoms with E-state index in [9.17, 15) is 9.90 Å². The summed E-state index contributed by atoms with van der Waals surface area (Å²) >= 11 is 5.57. The summed E-state index contributed by atoms with van der Waals surface area (Å²) in [6.45, 7) is 2.49. The lowest BCUT2D eigenvalue weighted by Crippen LogP contribution is -2.65. The van der Waals surface area contributed by atoms with Crippen molar-refractivity contribution in [2.45, 2.75) is 32.0 Å². The van der Waals surface area contributed by atoms with Crippen molar-refractivity contribution >= 4 is 17.6 Å². The van der Waals surface area contributed by atoms with Crippen LogP contribution in [-0.4, -0.2) is 52.9 Å². The number of aliphatic hydroxyl groups is 1. The molecule has 2 N–H and O–H groups in total. The number of nitrogens with one attached hydrogen (secondary N) is 1. The first-order valence-corrected chi connectivity index (χ1v) is 5.66. The van der Waals surface area contributed by atoms with Crippen LogP contribution in [0.4, 0.5) is 4.79 Å². The molecule has 0 aromatic heterocycles. The van der Waals surface area contributed by atoms with E-state index < -0.39 is 6.23 Å². The lowest BCUT2D eigenvalue weighted by Gasteiger charge is -2.43. The van der Waals surface area contributed by atoms with Gasteiger partial charge in [-0.25, -0.2) is 9.80 Å². The molecule has 0 bridgehead atoms. The molecule has 2 unspecified atom stereocenters. The Hall–Kier alpha value is -0.520. The van der Waals surface area contributed by atoms with Crippen molar-refractivity contribution in [1.82, 2.24) is 15.3 Å². The molecule has 1 aliphatic rings. The van der Waals surface area contributed by atoms with Crippen LogP contribution in [-0.2, 0) is 0 Å². The quantitative estimate of drug-likeness (QED) is 0.554. The summed E-state index contributed by atoms with van der Waals surface area (Å²) in [6, 6.07) is -0.364. The van der Waals surface area contributed by atoms with Gasteiger partial charge in [0, 0.05) is 19.5 Å². The van der Waals surface area contributed by atoms with Crippen LogP contribution in [0.2, 0.25) is 0 Å². The lowest BCUT2D eigenvalue weighted by atomic mass is 10.2.